The van der Waals surface area contributed by atoms with Crippen LogP contribution in [0.4, 0.5) is 18.9 Å². The van der Waals surface area contributed by atoms with E-state index in [1.54, 1.807) is 23.2 Å². The Bertz CT molecular complexity index is 1170. The Hall–Kier alpha value is -3.40. The maximum absolute atomic E-state index is 13.7. The van der Waals surface area contributed by atoms with Gasteiger partial charge >= 0.3 is 6.18 Å². The molecule has 0 unspecified atom stereocenters. The summed E-state index contributed by atoms with van der Waals surface area (Å²) in [6.45, 7) is 5.15. The van der Waals surface area contributed by atoms with Gasteiger partial charge in [0.2, 0.25) is 11.8 Å². The molecule has 36 heavy (non-hydrogen) atoms. The van der Waals surface area contributed by atoms with Crippen molar-refractivity contribution in [1.29, 1.82) is 0 Å². The summed E-state index contributed by atoms with van der Waals surface area (Å²) >= 11 is 0. The number of anilines is 1. The predicted octanol–water partition coefficient (Wildman–Crippen LogP) is 4.70. The number of rotatable bonds is 5. The molecule has 0 saturated carbocycles. The molecule has 1 amide bonds. The number of allylic oxidation sites excluding steroid dienone is 1. The van der Waals surface area contributed by atoms with Gasteiger partial charge in [-0.3, -0.25) is 9.79 Å². The van der Waals surface area contributed by atoms with Crippen molar-refractivity contribution in [3.05, 3.63) is 53.4 Å². The molecule has 2 aliphatic rings. The second-order valence-electron chi connectivity index (χ2n) is 9.05. The summed E-state index contributed by atoms with van der Waals surface area (Å²) in [7, 11) is 0. The number of aliphatic imine (C=N–C) groups is 1. The molecule has 10 heteroatoms. The maximum atomic E-state index is 13.7. The van der Waals surface area contributed by atoms with Gasteiger partial charge in [-0.05, 0) is 70.0 Å². The van der Waals surface area contributed by atoms with E-state index < -0.39 is 17.6 Å². The topological polar surface area (TPSA) is 92.8 Å². The minimum Gasteiger partial charge on any atom is -0.437 e. The molecule has 1 fully saturated rings. The van der Waals surface area contributed by atoms with Gasteiger partial charge in [-0.2, -0.15) is 13.2 Å². The van der Waals surface area contributed by atoms with Gasteiger partial charge in [-0.25, -0.2) is 4.98 Å². The molecule has 0 spiro atoms. The molecule has 1 atom stereocenters. The molecule has 1 aromatic heterocycles. The van der Waals surface area contributed by atoms with Crippen molar-refractivity contribution in [3.8, 4) is 11.6 Å². The molecule has 3 N–H and O–H groups in total. The highest BCUT2D eigenvalue weighted by Gasteiger charge is 2.36. The van der Waals surface area contributed by atoms with Gasteiger partial charge in [0, 0.05) is 48.3 Å². The number of carbonyl (C=O) groups excluding carboxylic acids is 1. The fraction of sp³-hybridized carbons (Fsp3) is 0.423. The molecule has 4 rings (SSSR count). The van der Waals surface area contributed by atoms with Crippen LogP contribution in [-0.4, -0.2) is 42.3 Å². The van der Waals surface area contributed by atoms with E-state index in [9.17, 15) is 18.0 Å². The molecule has 192 valence electrons. The number of carbonyl (C=O) groups is 1. The Morgan fingerprint density at radius 1 is 1.25 bits per heavy atom. The van der Waals surface area contributed by atoms with Gasteiger partial charge < -0.3 is 20.7 Å². The van der Waals surface area contributed by atoms with Crippen LogP contribution in [0.25, 0.3) is 5.57 Å². The lowest BCUT2D eigenvalue weighted by atomic mass is 9.91. The van der Waals surface area contributed by atoms with Gasteiger partial charge in [0.1, 0.15) is 11.3 Å². The van der Waals surface area contributed by atoms with Crippen molar-refractivity contribution in [2.75, 3.05) is 18.0 Å². The van der Waals surface area contributed by atoms with E-state index in [0.29, 0.717) is 35.2 Å². The number of hydrogen-bond acceptors (Lipinski definition) is 6. The maximum Gasteiger partial charge on any atom is 0.421 e. The van der Waals surface area contributed by atoms with Crippen LogP contribution in [0.15, 0.2) is 41.7 Å². The Morgan fingerprint density at radius 2 is 2.00 bits per heavy atom. The highest BCUT2D eigenvalue weighted by Crippen LogP contribution is 2.44. The first-order valence-corrected chi connectivity index (χ1v) is 12.0. The fourth-order valence-electron chi connectivity index (χ4n) is 4.76. The van der Waals surface area contributed by atoms with Crippen molar-refractivity contribution in [2.24, 2.45) is 10.7 Å². The Labute approximate surface area is 208 Å². The zero-order valence-corrected chi connectivity index (χ0v) is 20.3. The van der Waals surface area contributed by atoms with E-state index in [-0.39, 0.29) is 23.7 Å². The van der Waals surface area contributed by atoms with Crippen LogP contribution in [0.3, 0.4) is 0 Å². The Morgan fingerprint density at radius 3 is 2.67 bits per heavy atom. The van der Waals surface area contributed by atoms with Crippen LogP contribution in [0.5, 0.6) is 11.6 Å². The number of hydrogen-bond donors (Lipinski definition) is 2. The van der Waals surface area contributed by atoms with E-state index >= 15 is 0 Å². The first-order chi connectivity index (χ1) is 17.2. The van der Waals surface area contributed by atoms with Crippen molar-refractivity contribution in [2.45, 2.75) is 57.8 Å². The third-order valence-corrected chi connectivity index (χ3v) is 6.59. The van der Waals surface area contributed by atoms with Crippen LogP contribution in [0.2, 0.25) is 0 Å². The number of benzene rings is 1. The lowest BCUT2D eigenvalue weighted by molar-refractivity contribution is -0.138. The van der Waals surface area contributed by atoms with Gasteiger partial charge in [0.25, 0.3) is 0 Å². The summed E-state index contributed by atoms with van der Waals surface area (Å²) in [5.41, 5.74) is 7.24. The van der Waals surface area contributed by atoms with Gasteiger partial charge in [0.15, 0.2) is 0 Å². The third kappa shape index (κ3) is 5.38. The molecular formula is C26H30F3N5O2. The molecule has 0 aliphatic carbocycles. The van der Waals surface area contributed by atoms with E-state index in [0.717, 1.165) is 32.0 Å². The number of pyridine rings is 1. The van der Waals surface area contributed by atoms with Crippen LogP contribution in [0.1, 0.15) is 49.8 Å². The molecule has 0 bridgehead atoms. The minimum atomic E-state index is -4.65. The Balaban J connectivity index is 1.84. The lowest BCUT2D eigenvalue weighted by Gasteiger charge is -2.36. The summed E-state index contributed by atoms with van der Waals surface area (Å²) in [6, 6.07) is 5.72. The van der Waals surface area contributed by atoms with Crippen LogP contribution >= 0.6 is 0 Å². The van der Waals surface area contributed by atoms with Crippen molar-refractivity contribution in [3.63, 3.8) is 0 Å². The number of nitrogens with one attached hydrogen (secondary N) is 1. The molecule has 2 aromatic rings. The predicted molar refractivity (Wildman–Crippen MR) is 133 cm³/mol. The van der Waals surface area contributed by atoms with Gasteiger partial charge in [-0.1, -0.05) is 0 Å². The van der Waals surface area contributed by atoms with Crippen LogP contribution in [-0.2, 0) is 17.4 Å². The number of amides is 1. The highest BCUT2D eigenvalue weighted by molar-refractivity contribution is 6.11. The second-order valence-corrected chi connectivity index (χ2v) is 9.05. The van der Waals surface area contributed by atoms with E-state index in [1.165, 1.54) is 25.4 Å². The number of ether oxygens (including phenoxy) is 1. The number of aromatic nitrogens is 1. The zero-order chi connectivity index (χ0) is 25.9. The SMILES string of the molecule is CC(=O)N1c2ccc(C(C=NC3CCNCC3)=CN)c(Oc3ncccc3C(F)(F)F)c2CC[C@@H]1C. The third-order valence-electron chi connectivity index (χ3n) is 6.59. The fourth-order valence-corrected chi connectivity index (χ4v) is 4.76. The Kier molecular flexibility index (Phi) is 7.63. The summed E-state index contributed by atoms with van der Waals surface area (Å²) in [5, 5.41) is 3.29. The number of nitrogens with zero attached hydrogens (tertiary/aromatic N) is 3. The van der Waals surface area contributed by atoms with Crippen molar-refractivity contribution >= 4 is 23.4 Å². The molecule has 3 heterocycles. The largest absolute Gasteiger partial charge is 0.437 e. The molecule has 1 aromatic carbocycles. The zero-order valence-electron chi connectivity index (χ0n) is 20.3. The average molecular weight is 502 g/mol. The molecule has 1 saturated heterocycles. The number of piperidine rings is 1. The van der Waals surface area contributed by atoms with E-state index in [2.05, 4.69) is 15.3 Å². The number of fused-ring (bicyclic) bond motifs is 1. The van der Waals surface area contributed by atoms with Gasteiger partial charge in [0.05, 0.1) is 11.7 Å². The van der Waals surface area contributed by atoms with E-state index in [1.807, 2.05) is 6.92 Å². The van der Waals surface area contributed by atoms with Crippen molar-refractivity contribution < 1.29 is 22.7 Å². The highest BCUT2D eigenvalue weighted by atomic mass is 19.4. The standard InChI is InChI=1S/C26H30F3N5O2/c1-16-5-6-21-23(34(16)17(2)35)8-7-20(18(14-30)15-33-19-9-12-31-13-10-19)24(21)36-25-22(26(27,28)29)4-3-11-32-25/h3-4,7-8,11,14-16,19,31H,5-6,9-10,12-13,30H2,1-2H3/t16-/m0/s1. The smallest absolute Gasteiger partial charge is 0.421 e. The number of alkyl halides is 3. The normalized spacial score (nSPS) is 19.4. The minimum absolute atomic E-state index is 0.0553. The van der Waals surface area contributed by atoms with Crippen LogP contribution in [0, 0.1) is 0 Å². The number of nitrogens with two attached hydrogens (primary N) is 1. The molecule has 2 aliphatic heterocycles. The summed E-state index contributed by atoms with van der Waals surface area (Å²) in [4.78, 5) is 22.7. The average Bonchev–Trinajstić information content (AvgIpc) is 2.85. The quantitative estimate of drug-likeness (QED) is 0.580. The summed E-state index contributed by atoms with van der Waals surface area (Å²) < 4.78 is 47.2. The summed E-state index contributed by atoms with van der Waals surface area (Å²) in [5.74, 6) is -0.513. The number of halogens is 3. The van der Waals surface area contributed by atoms with Crippen molar-refractivity contribution in [1.82, 2.24) is 10.3 Å². The first-order valence-electron chi connectivity index (χ1n) is 12.0. The first kappa shape index (κ1) is 25.7. The molecular weight excluding hydrogens is 471 g/mol. The lowest BCUT2D eigenvalue weighted by Crippen LogP contribution is -2.40. The van der Waals surface area contributed by atoms with E-state index in [4.69, 9.17) is 10.5 Å². The second kappa shape index (κ2) is 10.7. The van der Waals surface area contributed by atoms with Gasteiger partial charge in [-0.15, -0.1) is 0 Å². The van der Waals surface area contributed by atoms with Crippen LogP contribution < -0.4 is 20.7 Å². The monoisotopic (exact) mass is 501 g/mol. The summed E-state index contributed by atoms with van der Waals surface area (Å²) in [6.07, 6.45) is 2.54. The molecule has 0 radical (unpaired) electrons. The molecule has 7 nitrogen and oxygen atoms in total.